The lowest BCUT2D eigenvalue weighted by atomic mass is 9.95. The third-order valence-electron chi connectivity index (χ3n) is 3.56. The van der Waals surface area contributed by atoms with E-state index in [9.17, 15) is 4.79 Å². The van der Waals surface area contributed by atoms with Crippen molar-refractivity contribution in [1.29, 1.82) is 0 Å². The van der Waals surface area contributed by atoms with Crippen molar-refractivity contribution in [2.75, 3.05) is 33.2 Å². The number of rotatable bonds is 12. The van der Waals surface area contributed by atoms with Crippen LogP contribution in [0.4, 0.5) is 0 Å². The van der Waals surface area contributed by atoms with Gasteiger partial charge in [0.1, 0.15) is 6.73 Å². The lowest BCUT2D eigenvalue weighted by Crippen LogP contribution is -2.30. The van der Waals surface area contributed by atoms with Gasteiger partial charge in [0, 0.05) is 32.1 Å². The van der Waals surface area contributed by atoms with Gasteiger partial charge in [-0.05, 0) is 24.6 Å². The smallest absolute Gasteiger partial charge is 0.217 e. The number of benzene rings is 1. The minimum atomic E-state index is -0.189. The molecule has 1 aromatic rings. The fraction of sp³-hybridized carbons (Fsp3) is 0.611. The van der Waals surface area contributed by atoms with E-state index in [2.05, 4.69) is 10.6 Å². The highest BCUT2D eigenvalue weighted by molar-refractivity contribution is 5.72. The van der Waals surface area contributed by atoms with E-state index in [4.69, 9.17) is 25.7 Å². The van der Waals surface area contributed by atoms with Crippen molar-refractivity contribution in [3.05, 3.63) is 17.7 Å². The van der Waals surface area contributed by atoms with Gasteiger partial charge in [0.25, 0.3) is 0 Å². The second kappa shape index (κ2) is 10.8. The summed E-state index contributed by atoms with van der Waals surface area (Å²) in [6.45, 7) is 9.67. The monoisotopic (exact) mass is 368 g/mol. The summed E-state index contributed by atoms with van der Waals surface area (Å²) in [5.74, 6) is 1.48. The minimum Gasteiger partial charge on any atom is -0.490 e. The molecule has 0 saturated heterocycles. The Balaban J connectivity index is 3.15. The zero-order chi connectivity index (χ0) is 19.6. The van der Waals surface area contributed by atoms with Crippen molar-refractivity contribution >= 4 is 5.91 Å². The molecule has 0 aliphatic rings. The number of hydrogen-bond acceptors (Lipinski definition) is 7. The van der Waals surface area contributed by atoms with E-state index >= 15 is 0 Å². The molecule has 6 N–H and O–H groups in total. The summed E-state index contributed by atoms with van der Waals surface area (Å²) in [5, 5.41) is 5.67. The Morgan fingerprint density at radius 1 is 1.15 bits per heavy atom. The maximum atomic E-state index is 11.2. The van der Waals surface area contributed by atoms with Crippen LogP contribution in [0, 0.1) is 5.41 Å². The van der Waals surface area contributed by atoms with Crippen molar-refractivity contribution < 1.29 is 19.0 Å². The predicted octanol–water partition coefficient (Wildman–Crippen LogP) is 0.927. The number of hydrogen-bond donors (Lipinski definition) is 4. The Kier molecular flexibility index (Phi) is 9.18. The van der Waals surface area contributed by atoms with Gasteiger partial charge in [0.2, 0.25) is 11.7 Å². The second-order valence-electron chi connectivity index (χ2n) is 6.66. The third kappa shape index (κ3) is 7.47. The predicted molar refractivity (Wildman–Crippen MR) is 101 cm³/mol. The van der Waals surface area contributed by atoms with Crippen molar-refractivity contribution in [3.8, 4) is 17.2 Å². The van der Waals surface area contributed by atoms with Gasteiger partial charge in [0.05, 0.1) is 13.2 Å². The number of ether oxygens (including phenoxy) is 3. The molecule has 26 heavy (non-hydrogen) atoms. The van der Waals surface area contributed by atoms with E-state index in [1.165, 1.54) is 6.92 Å². The van der Waals surface area contributed by atoms with E-state index in [-0.39, 0.29) is 18.1 Å². The number of nitrogens with one attached hydrogen (secondary N) is 2. The minimum absolute atomic E-state index is 0.111. The number of carbonyl (C=O) groups excluding carboxylic acids is 1. The fourth-order valence-electron chi connectivity index (χ4n) is 1.99. The van der Waals surface area contributed by atoms with Gasteiger partial charge in [-0.1, -0.05) is 13.8 Å². The van der Waals surface area contributed by atoms with Crippen LogP contribution in [0.25, 0.3) is 0 Å². The number of carbonyl (C=O) groups is 1. The molecule has 0 heterocycles. The summed E-state index contributed by atoms with van der Waals surface area (Å²) in [7, 11) is 0. The van der Waals surface area contributed by atoms with Crippen molar-refractivity contribution in [1.82, 2.24) is 10.6 Å². The van der Waals surface area contributed by atoms with Crippen LogP contribution < -0.4 is 36.3 Å². The molecule has 0 unspecified atom stereocenters. The molecule has 0 aromatic heterocycles. The Hall–Kier alpha value is -2.03. The molecule has 1 rings (SSSR count). The van der Waals surface area contributed by atoms with E-state index in [1.807, 2.05) is 32.9 Å². The molecule has 0 saturated carbocycles. The van der Waals surface area contributed by atoms with Gasteiger partial charge >= 0.3 is 0 Å². The molecule has 0 bridgehead atoms. The van der Waals surface area contributed by atoms with Gasteiger partial charge in [0.15, 0.2) is 11.5 Å². The van der Waals surface area contributed by atoms with Gasteiger partial charge in [-0.2, -0.15) is 0 Å². The first-order valence-electron chi connectivity index (χ1n) is 8.73. The van der Waals surface area contributed by atoms with Crippen LogP contribution in [-0.4, -0.2) is 39.1 Å². The largest absolute Gasteiger partial charge is 0.490 e. The number of amides is 1. The Morgan fingerprint density at radius 3 is 2.35 bits per heavy atom. The molecular formula is C18H32N4O4. The van der Waals surface area contributed by atoms with E-state index in [0.29, 0.717) is 50.2 Å². The summed E-state index contributed by atoms with van der Waals surface area (Å²) in [6.07, 6.45) is 0. The molecule has 1 aromatic carbocycles. The van der Waals surface area contributed by atoms with Crippen LogP contribution in [0.5, 0.6) is 17.2 Å². The molecule has 0 atom stereocenters. The van der Waals surface area contributed by atoms with Crippen molar-refractivity contribution in [2.45, 2.75) is 34.2 Å². The molecule has 8 heteroatoms. The molecule has 148 valence electrons. The first-order valence-corrected chi connectivity index (χ1v) is 8.73. The molecule has 0 spiro atoms. The summed E-state index contributed by atoms with van der Waals surface area (Å²) in [5.41, 5.74) is 11.9. The van der Waals surface area contributed by atoms with Crippen LogP contribution in [0.3, 0.4) is 0 Å². The second-order valence-corrected chi connectivity index (χ2v) is 6.66. The van der Waals surface area contributed by atoms with Crippen molar-refractivity contribution in [3.63, 3.8) is 0 Å². The molecule has 8 nitrogen and oxygen atoms in total. The summed E-state index contributed by atoms with van der Waals surface area (Å²) >= 11 is 0. The Morgan fingerprint density at radius 2 is 1.81 bits per heavy atom. The zero-order valence-corrected chi connectivity index (χ0v) is 16.2. The van der Waals surface area contributed by atoms with Gasteiger partial charge in [-0.25, -0.2) is 0 Å². The fourth-order valence-corrected chi connectivity index (χ4v) is 1.99. The SMILES string of the molecule is CCOc1cc(CNC(C)=O)cc(OCNCN)c1OCC(C)(C)CN. The number of nitrogens with two attached hydrogens (primary N) is 2. The lowest BCUT2D eigenvalue weighted by molar-refractivity contribution is -0.119. The average Bonchev–Trinajstić information content (AvgIpc) is 2.59. The van der Waals surface area contributed by atoms with Gasteiger partial charge < -0.3 is 31.0 Å². The topological polar surface area (TPSA) is 121 Å². The molecule has 1 amide bonds. The normalized spacial score (nSPS) is 11.2. The quantitative estimate of drug-likeness (QED) is 0.320. The van der Waals surface area contributed by atoms with Crippen molar-refractivity contribution in [2.24, 2.45) is 16.9 Å². The third-order valence-corrected chi connectivity index (χ3v) is 3.56. The van der Waals surface area contributed by atoms with Crippen LogP contribution in [0.1, 0.15) is 33.3 Å². The summed E-state index contributed by atoms with van der Waals surface area (Å²) < 4.78 is 17.5. The van der Waals surface area contributed by atoms with Crippen LogP contribution in [-0.2, 0) is 11.3 Å². The van der Waals surface area contributed by atoms with Crippen LogP contribution in [0.15, 0.2) is 12.1 Å². The maximum Gasteiger partial charge on any atom is 0.217 e. The standard InChI is InChI=1S/C18H32N4O4/c1-5-24-15-6-14(8-22-13(2)23)7-16(26-12-21-11-20)17(15)25-10-18(3,4)9-19/h6-7,21H,5,8-12,19-20H2,1-4H3,(H,22,23). The molecule has 0 fully saturated rings. The highest BCUT2D eigenvalue weighted by Crippen LogP contribution is 2.40. The zero-order valence-electron chi connectivity index (χ0n) is 16.2. The van der Waals surface area contributed by atoms with E-state index in [0.717, 1.165) is 5.56 Å². The van der Waals surface area contributed by atoms with Gasteiger partial charge in [-0.15, -0.1) is 0 Å². The van der Waals surface area contributed by atoms with Crippen LogP contribution >= 0.6 is 0 Å². The first-order chi connectivity index (χ1) is 12.3. The van der Waals surface area contributed by atoms with Gasteiger partial charge in [-0.3, -0.25) is 10.1 Å². The first kappa shape index (κ1) is 22.0. The highest BCUT2D eigenvalue weighted by Gasteiger charge is 2.21. The molecule has 0 aliphatic carbocycles. The molecule has 0 radical (unpaired) electrons. The van der Waals surface area contributed by atoms with Crippen LogP contribution in [0.2, 0.25) is 0 Å². The lowest BCUT2D eigenvalue weighted by Gasteiger charge is -2.25. The Labute approximate surface area is 155 Å². The summed E-state index contributed by atoms with van der Waals surface area (Å²) in [4.78, 5) is 11.2. The highest BCUT2D eigenvalue weighted by atomic mass is 16.5. The summed E-state index contributed by atoms with van der Waals surface area (Å²) in [6, 6.07) is 3.66. The van der Waals surface area contributed by atoms with E-state index < -0.39 is 0 Å². The maximum absolute atomic E-state index is 11.2. The Bertz CT molecular complexity index is 579. The average molecular weight is 368 g/mol. The molecule has 0 aliphatic heterocycles. The molecular weight excluding hydrogens is 336 g/mol. The van der Waals surface area contributed by atoms with E-state index in [1.54, 1.807) is 0 Å².